The Balaban J connectivity index is 2.63. The Labute approximate surface area is 132 Å². The van der Waals surface area contributed by atoms with Crippen LogP contribution >= 0.6 is 15.9 Å². The topological polar surface area (TPSA) is 52.1 Å². The van der Waals surface area contributed by atoms with Gasteiger partial charge in [0, 0.05) is 5.56 Å². The number of carbonyl (C=O) groups is 1. The predicted octanol–water partition coefficient (Wildman–Crippen LogP) is 4.21. The average molecular weight is 349 g/mol. The second-order valence-corrected chi connectivity index (χ2v) is 5.59. The summed E-state index contributed by atoms with van der Waals surface area (Å²) < 4.78 is 5.67. The number of ether oxygens (including phenoxy) is 1. The molecular weight excluding hydrogens is 332 g/mol. The highest BCUT2D eigenvalue weighted by atomic mass is 79.9. The van der Waals surface area contributed by atoms with Gasteiger partial charge in [0.15, 0.2) is 5.69 Å². The summed E-state index contributed by atoms with van der Waals surface area (Å²) in [6.07, 6.45) is 0. The van der Waals surface area contributed by atoms with Gasteiger partial charge in [-0.15, -0.1) is 0 Å². The summed E-state index contributed by atoms with van der Waals surface area (Å²) >= 11 is 3.39. The molecule has 110 valence electrons. The van der Waals surface area contributed by atoms with Crippen molar-refractivity contribution in [3.8, 4) is 11.3 Å². The van der Waals surface area contributed by atoms with Gasteiger partial charge in [0.2, 0.25) is 0 Å². The highest BCUT2D eigenvalue weighted by Crippen LogP contribution is 2.28. The van der Waals surface area contributed by atoms with Crippen LogP contribution in [0.15, 0.2) is 34.9 Å². The maximum absolute atomic E-state index is 12.1. The van der Waals surface area contributed by atoms with Crippen molar-refractivity contribution in [3.05, 3.63) is 46.3 Å². The van der Waals surface area contributed by atoms with Gasteiger partial charge in [-0.3, -0.25) is 0 Å². The molecule has 0 N–H and O–H groups in total. The Kier molecular flexibility index (Phi) is 5.07. The molecule has 0 bridgehead atoms. The summed E-state index contributed by atoms with van der Waals surface area (Å²) in [7, 11) is 0. The van der Waals surface area contributed by atoms with Crippen molar-refractivity contribution in [2.45, 2.75) is 26.7 Å². The molecule has 0 saturated carbocycles. The molecular formula is C16H17BrN2O2. The Morgan fingerprint density at radius 1 is 1.24 bits per heavy atom. The molecule has 1 heterocycles. The molecule has 0 aliphatic carbocycles. The molecule has 0 saturated heterocycles. The molecule has 0 radical (unpaired) electrons. The van der Waals surface area contributed by atoms with Crippen molar-refractivity contribution in [2.24, 2.45) is 0 Å². The number of halogens is 1. The fourth-order valence-corrected chi connectivity index (χ4v) is 2.66. The van der Waals surface area contributed by atoms with Crippen LogP contribution in [-0.2, 0) is 4.74 Å². The Hall–Kier alpha value is -1.75. The summed E-state index contributed by atoms with van der Waals surface area (Å²) in [5.41, 5.74) is 2.46. The van der Waals surface area contributed by atoms with Crippen LogP contribution < -0.4 is 0 Å². The number of rotatable bonds is 4. The predicted molar refractivity (Wildman–Crippen MR) is 85.2 cm³/mol. The van der Waals surface area contributed by atoms with Crippen molar-refractivity contribution in [2.75, 3.05) is 6.61 Å². The lowest BCUT2D eigenvalue weighted by atomic mass is 10.1. The minimum atomic E-state index is -0.458. The van der Waals surface area contributed by atoms with Gasteiger partial charge in [-0.05, 0) is 28.8 Å². The van der Waals surface area contributed by atoms with E-state index in [1.165, 1.54) is 0 Å². The van der Waals surface area contributed by atoms with Crippen molar-refractivity contribution < 1.29 is 9.53 Å². The van der Waals surface area contributed by atoms with E-state index in [-0.39, 0.29) is 11.6 Å². The van der Waals surface area contributed by atoms with Gasteiger partial charge < -0.3 is 4.74 Å². The number of aromatic nitrogens is 2. The molecule has 4 nitrogen and oxygen atoms in total. The van der Waals surface area contributed by atoms with E-state index in [2.05, 4.69) is 25.9 Å². The molecule has 1 aromatic carbocycles. The van der Waals surface area contributed by atoms with E-state index in [0.717, 1.165) is 11.3 Å². The SMILES string of the molecule is CCOC(=O)c1nc(Br)c(C(C)C)nc1-c1ccccc1. The molecule has 0 unspecified atom stereocenters. The van der Waals surface area contributed by atoms with E-state index in [4.69, 9.17) is 4.74 Å². The summed E-state index contributed by atoms with van der Waals surface area (Å²) in [4.78, 5) is 21.1. The first-order valence-corrected chi connectivity index (χ1v) is 7.63. The second-order valence-electron chi connectivity index (χ2n) is 4.84. The first kappa shape index (κ1) is 15.6. The Morgan fingerprint density at radius 3 is 2.48 bits per heavy atom. The molecule has 0 aliphatic rings. The quantitative estimate of drug-likeness (QED) is 0.776. The monoisotopic (exact) mass is 348 g/mol. The Bertz CT molecular complexity index is 642. The number of hydrogen-bond donors (Lipinski definition) is 0. The number of benzene rings is 1. The van der Waals surface area contributed by atoms with E-state index >= 15 is 0 Å². The largest absolute Gasteiger partial charge is 0.461 e. The number of nitrogens with zero attached hydrogens (tertiary/aromatic N) is 2. The first-order chi connectivity index (χ1) is 10.0. The van der Waals surface area contributed by atoms with Crippen LogP contribution in [0, 0.1) is 0 Å². The minimum Gasteiger partial charge on any atom is -0.461 e. The van der Waals surface area contributed by atoms with Crippen molar-refractivity contribution in [1.82, 2.24) is 9.97 Å². The second kappa shape index (κ2) is 6.80. The van der Waals surface area contributed by atoms with E-state index in [1.54, 1.807) is 6.92 Å². The van der Waals surface area contributed by atoms with Crippen molar-refractivity contribution in [3.63, 3.8) is 0 Å². The minimum absolute atomic E-state index is 0.200. The summed E-state index contributed by atoms with van der Waals surface area (Å²) in [6, 6.07) is 9.55. The lowest BCUT2D eigenvalue weighted by molar-refractivity contribution is 0.0519. The van der Waals surface area contributed by atoms with E-state index in [1.807, 2.05) is 44.2 Å². The summed E-state index contributed by atoms with van der Waals surface area (Å²) in [6.45, 7) is 6.14. The molecule has 0 atom stereocenters. The molecule has 21 heavy (non-hydrogen) atoms. The highest BCUT2D eigenvalue weighted by molar-refractivity contribution is 9.10. The molecule has 1 aromatic heterocycles. The van der Waals surface area contributed by atoms with E-state index < -0.39 is 5.97 Å². The number of esters is 1. The van der Waals surface area contributed by atoms with Crippen molar-refractivity contribution >= 4 is 21.9 Å². The molecule has 2 aromatic rings. The fourth-order valence-electron chi connectivity index (χ4n) is 1.93. The van der Waals surface area contributed by atoms with Gasteiger partial charge >= 0.3 is 5.97 Å². The van der Waals surface area contributed by atoms with Crippen LogP contribution in [0.25, 0.3) is 11.3 Å². The third-order valence-electron chi connectivity index (χ3n) is 2.94. The van der Waals surface area contributed by atoms with Gasteiger partial charge in [0.1, 0.15) is 10.3 Å². The smallest absolute Gasteiger partial charge is 0.359 e. The van der Waals surface area contributed by atoms with Gasteiger partial charge in [0.25, 0.3) is 0 Å². The zero-order valence-corrected chi connectivity index (χ0v) is 13.8. The zero-order valence-electron chi connectivity index (χ0n) is 12.3. The molecule has 5 heteroatoms. The summed E-state index contributed by atoms with van der Waals surface area (Å²) in [5.74, 6) is -0.259. The summed E-state index contributed by atoms with van der Waals surface area (Å²) in [5, 5.41) is 0. The molecule has 0 aliphatic heterocycles. The highest BCUT2D eigenvalue weighted by Gasteiger charge is 2.21. The number of hydrogen-bond acceptors (Lipinski definition) is 4. The van der Waals surface area contributed by atoms with Crippen LogP contribution in [0.3, 0.4) is 0 Å². The molecule has 2 rings (SSSR count). The van der Waals surface area contributed by atoms with E-state index in [0.29, 0.717) is 16.9 Å². The number of carbonyl (C=O) groups excluding carboxylic acids is 1. The van der Waals surface area contributed by atoms with Gasteiger partial charge in [0.05, 0.1) is 12.3 Å². The third kappa shape index (κ3) is 3.47. The van der Waals surface area contributed by atoms with Crippen LogP contribution in [0.1, 0.15) is 42.9 Å². The Morgan fingerprint density at radius 2 is 1.90 bits per heavy atom. The fraction of sp³-hybridized carbons (Fsp3) is 0.312. The van der Waals surface area contributed by atoms with E-state index in [9.17, 15) is 4.79 Å². The van der Waals surface area contributed by atoms with Crippen LogP contribution in [-0.4, -0.2) is 22.5 Å². The molecule has 0 fully saturated rings. The third-order valence-corrected chi connectivity index (χ3v) is 3.52. The average Bonchev–Trinajstić information content (AvgIpc) is 2.47. The zero-order chi connectivity index (χ0) is 15.4. The molecule has 0 spiro atoms. The van der Waals surface area contributed by atoms with Crippen LogP contribution in [0.5, 0.6) is 0 Å². The van der Waals surface area contributed by atoms with Crippen LogP contribution in [0.4, 0.5) is 0 Å². The molecule has 0 amide bonds. The van der Waals surface area contributed by atoms with Gasteiger partial charge in [-0.25, -0.2) is 14.8 Å². The normalized spacial score (nSPS) is 10.7. The van der Waals surface area contributed by atoms with Crippen LogP contribution in [0.2, 0.25) is 0 Å². The van der Waals surface area contributed by atoms with Gasteiger partial charge in [-0.2, -0.15) is 0 Å². The lowest BCUT2D eigenvalue weighted by Crippen LogP contribution is -2.13. The lowest BCUT2D eigenvalue weighted by Gasteiger charge is -2.13. The first-order valence-electron chi connectivity index (χ1n) is 6.84. The maximum Gasteiger partial charge on any atom is 0.359 e. The maximum atomic E-state index is 12.1. The van der Waals surface area contributed by atoms with Gasteiger partial charge in [-0.1, -0.05) is 44.2 Å². The van der Waals surface area contributed by atoms with Crippen molar-refractivity contribution in [1.29, 1.82) is 0 Å². The standard InChI is InChI=1S/C16H17BrN2O2/c1-4-21-16(20)14-13(11-8-6-5-7-9-11)18-12(10(2)3)15(17)19-14/h5-10H,4H2,1-3H3.